The molecule has 0 aliphatic carbocycles. The molecule has 0 aliphatic heterocycles. The molecule has 164 valence electrons. The molecule has 4 rings (SSSR count). The molecular weight excluding hydrogens is 447 g/mol. The summed E-state index contributed by atoms with van der Waals surface area (Å²) in [6.07, 6.45) is 0. The fourth-order valence-corrected chi connectivity index (χ4v) is 3.71. The van der Waals surface area contributed by atoms with Crippen LogP contribution >= 0.6 is 23.2 Å². The third-order valence-corrected chi connectivity index (χ3v) is 5.59. The number of aryl methyl sites for hydroxylation is 2. The van der Waals surface area contributed by atoms with Gasteiger partial charge in [0.15, 0.2) is 11.2 Å². The number of rotatable bonds is 5. The van der Waals surface area contributed by atoms with Gasteiger partial charge in [-0.25, -0.2) is 4.98 Å². The number of benzene rings is 3. The van der Waals surface area contributed by atoms with Crippen LogP contribution in [0.15, 0.2) is 59.0 Å². The van der Waals surface area contributed by atoms with E-state index in [0.29, 0.717) is 38.5 Å². The monoisotopic (exact) mass is 468 g/mol. The molecule has 1 aromatic heterocycles. The van der Waals surface area contributed by atoms with Gasteiger partial charge in [0, 0.05) is 10.7 Å². The number of oxazole rings is 1. The standard InChI is InChI=1S/C25H22Cl2N2O3/c1-14-11-15(2)22-21(12-14)29-23(31-22)19-13-17(7-10-20(19)27)28-24(30)25(3,4)32-18-8-5-16(26)6-9-18/h5-13H,1-4H3,(H,28,30). The van der Waals surface area contributed by atoms with Gasteiger partial charge in [-0.3, -0.25) is 4.79 Å². The zero-order valence-corrected chi connectivity index (χ0v) is 19.6. The first-order valence-corrected chi connectivity index (χ1v) is 10.8. The summed E-state index contributed by atoms with van der Waals surface area (Å²) in [5.41, 5.74) is 3.60. The van der Waals surface area contributed by atoms with Crippen molar-refractivity contribution in [2.24, 2.45) is 0 Å². The highest BCUT2D eigenvalue weighted by Gasteiger charge is 2.30. The van der Waals surface area contributed by atoms with E-state index in [2.05, 4.69) is 10.3 Å². The molecule has 4 aromatic rings. The van der Waals surface area contributed by atoms with Gasteiger partial charge in [0.2, 0.25) is 5.89 Å². The van der Waals surface area contributed by atoms with E-state index in [-0.39, 0.29) is 5.91 Å². The molecule has 3 aromatic carbocycles. The van der Waals surface area contributed by atoms with E-state index in [9.17, 15) is 4.79 Å². The van der Waals surface area contributed by atoms with Crippen molar-refractivity contribution in [1.82, 2.24) is 4.98 Å². The maximum Gasteiger partial charge on any atom is 0.267 e. The maximum atomic E-state index is 12.9. The van der Waals surface area contributed by atoms with Gasteiger partial charge >= 0.3 is 0 Å². The largest absolute Gasteiger partial charge is 0.478 e. The molecule has 0 aliphatic rings. The number of aromatic nitrogens is 1. The molecule has 0 unspecified atom stereocenters. The SMILES string of the molecule is Cc1cc(C)c2oc(-c3cc(NC(=O)C(C)(C)Oc4ccc(Cl)cc4)ccc3Cl)nc2c1. The van der Waals surface area contributed by atoms with Crippen LogP contribution in [0, 0.1) is 13.8 Å². The summed E-state index contributed by atoms with van der Waals surface area (Å²) >= 11 is 12.3. The number of fused-ring (bicyclic) bond motifs is 1. The number of ether oxygens (including phenoxy) is 1. The molecule has 0 bridgehead atoms. The van der Waals surface area contributed by atoms with Crippen molar-refractivity contribution < 1.29 is 13.9 Å². The predicted molar refractivity (Wildman–Crippen MR) is 129 cm³/mol. The fourth-order valence-electron chi connectivity index (χ4n) is 3.38. The smallest absolute Gasteiger partial charge is 0.267 e. The minimum atomic E-state index is -1.13. The predicted octanol–water partition coefficient (Wildman–Crippen LogP) is 7.21. The average Bonchev–Trinajstić information content (AvgIpc) is 3.15. The Labute approximate surface area is 196 Å². The van der Waals surface area contributed by atoms with Crippen molar-refractivity contribution in [3.63, 3.8) is 0 Å². The molecule has 7 heteroatoms. The minimum Gasteiger partial charge on any atom is -0.478 e. The summed E-state index contributed by atoms with van der Waals surface area (Å²) in [6, 6.07) is 16.0. The highest BCUT2D eigenvalue weighted by atomic mass is 35.5. The topological polar surface area (TPSA) is 64.4 Å². The average molecular weight is 469 g/mol. The molecule has 1 amide bonds. The third-order valence-electron chi connectivity index (χ3n) is 5.01. The van der Waals surface area contributed by atoms with Gasteiger partial charge in [-0.2, -0.15) is 0 Å². The summed E-state index contributed by atoms with van der Waals surface area (Å²) in [4.78, 5) is 17.5. The van der Waals surface area contributed by atoms with Crippen LogP contribution in [0.4, 0.5) is 5.69 Å². The Kier molecular flexibility index (Phi) is 5.89. The second-order valence-electron chi connectivity index (χ2n) is 8.16. The first-order valence-electron chi connectivity index (χ1n) is 10.1. The van der Waals surface area contributed by atoms with Crippen molar-refractivity contribution in [3.8, 4) is 17.2 Å². The normalized spacial score (nSPS) is 11.6. The molecule has 0 saturated carbocycles. The Bertz CT molecular complexity index is 1310. The summed E-state index contributed by atoms with van der Waals surface area (Å²) in [6.45, 7) is 7.38. The number of hydrogen-bond acceptors (Lipinski definition) is 4. The number of anilines is 1. The lowest BCUT2D eigenvalue weighted by Gasteiger charge is -2.25. The van der Waals surface area contributed by atoms with E-state index in [1.165, 1.54) is 0 Å². The molecule has 0 spiro atoms. The highest BCUT2D eigenvalue weighted by Crippen LogP contribution is 2.34. The summed E-state index contributed by atoms with van der Waals surface area (Å²) in [5.74, 6) is 0.625. The van der Waals surface area contributed by atoms with Crippen LogP contribution in [0.1, 0.15) is 25.0 Å². The lowest BCUT2D eigenvalue weighted by molar-refractivity contribution is -0.128. The second kappa shape index (κ2) is 8.49. The highest BCUT2D eigenvalue weighted by molar-refractivity contribution is 6.33. The van der Waals surface area contributed by atoms with Gasteiger partial charge in [-0.15, -0.1) is 0 Å². The molecular formula is C25H22Cl2N2O3. The van der Waals surface area contributed by atoms with Crippen LogP contribution in [-0.4, -0.2) is 16.5 Å². The second-order valence-corrected chi connectivity index (χ2v) is 9.01. The lowest BCUT2D eigenvalue weighted by Crippen LogP contribution is -2.42. The van der Waals surface area contributed by atoms with E-state index in [1.807, 2.05) is 26.0 Å². The van der Waals surface area contributed by atoms with E-state index in [0.717, 1.165) is 16.6 Å². The van der Waals surface area contributed by atoms with Crippen LogP contribution < -0.4 is 10.1 Å². The van der Waals surface area contributed by atoms with Crippen molar-refractivity contribution in [3.05, 3.63) is 75.8 Å². The van der Waals surface area contributed by atoms with Gasteiger partial charge in [-0.05, 0) is 87.4 Å². The van der Waals surface area contributed by atoms with Crippen molar-refractivity contribution in [2.75, 3.05) is 5.32 Å². The Morgan fingerprint density at radius 1 is 1.03 bits per heavy atom. The lowest BCUT2D eigenvalue weighted by atomic mass is 10.1. The van der Waals surface area contributed by atoms with Crippen LogP contribution in [0.3, 0.4) is 0 Å². The zero-order chi connectivity index (χ0) is 23.0. The molecule has 1 N–H and O–H groups in total. The van der Waals surface area contributed by atoms with Gasteiger partial charge in [0.25, 0.3) is 5.91 Å². The first-order chi connectivity index (χ1) is 15.1. The Morgan fingerprint density at radius 3 is 2.47 bits per heavy atom. The molecule has 0 radical (unpaired) electrons. The Hall–Kier alpha value is -3.02. The van der Waals surface area contributed by atoms with Crippen LogP contribution in [0.2, 0.25) is 10.0 Å². The number of nitrogens with zero attached hydrogens (tertiary/aromatic N) is 1. The van der Waals surface area contributed by atoms with Crippen LogP contribution in [0.5, 0.6) is 5.75 Å². The summed E-state index contributed by atoms with van der Waals surface area (Å²) in [5, 5.41) is 3.96. The third kappa shape index (κ3) is 4.59. The molecule has 5 nitrogen and oxygen atoms in total. The van der Waals surface area contributed by atoms with E-state index >= 15 is 0 Å². The quantitative estimate of drug-likeness (QED) is 0.335. The number of hydrogen-bond donors (Lipinski definition) is 1. The number of carbonyl (C=O) groups excluding carboxylic acids is 1. The number of amides is 1. The van der Waals surface area contributed by atoms with E-state index < -0.39 is 5.60 Å². The van der Waals surface area contributed by atoms with Crippen molar-refractivity contribution >= 4 is 45.9 Å². The molecule has 32 heavy (non-hydrogen) atoms. The fraction of sp³-hybridized carbons (Fsp3) is 0.200. The van der Waals surface area contributed by atoms with Crippen molar-refractivity contribution in [1.29, 1.82) is 0 Å². The van der Waals surface area contributed by atoms with Gasteiger partial charge in [-0.1, -0.05) is 29.3 Å². The molecule has 0 fully saturated rings. The number of carbonyl (C=O) groups is 1. The summed E-state index contributed by atoms with van der Waals surface area (Å²) < 4.78 is 11.9. The van der Waals surface area contributed by atoms with E-state index in [1.54, 1.807) is 56.3 Å². The van der Waals surface area contributed by atoms with Gasteiger partial charge in [0.1, 0.15) is 11.3 Å². The molecule has 0 saturated heterocycles. The van der Waals surface area contributed by atoms with Gasteiger partial charge in [0.05, 0.1) is 10.6 Å². The molecule has 0 atom stereocenters. The van der Waals surface area contributed by atoms with Crippen LogP contribution in [0.25, 0.3) is 22.6 Å². The Morgan fingerprint density at radius 2 is 1.75 bits per heavy atom. The number of halogens is 2. The number of nitrogens with one attached hydrogen (secondary N) is 1. The van der Waals surface area contributed by atoms with Crippen LogP contribution in [-0.2, 0) is 4.79 Å². The minimum absolute atomic E-state index is 0.315. The Balaban J connectivity index is 1.59. The zero-order valence-electron chi connectivity index (χ0n) is 18.1. The molecule has 1 heterocycles. The van der Waals surface area contributed by atoms with E-state index in [4.69, 9.17) is 32.4 Å². The first kappa shape index (κ1) is 22.2. The maximum absolute atomic E-state index is 12.9. The van der Waals surface area contributed by atoms with Crippen molar-refractivity contribution in [2.45, 2.75) is 33.3 Å². The van der Waals surface area contributed by atoms with Gasteiger partial charge < -0.3 is 14.5 Å². The summed E-state index contributed by atoms with van der Waals surface area (Å²) in [7, 11) is 0.